The van der Waals surface area contributed by atoms with Crippen LogP contribution < -0.4 is 23.7 Å². The molecule has 0 amide bonds. The van der Waals surface area contributed by atoms with Crippen molar-refractivity contribution in [2.75, 3.05) is 26.4 Å². The number of benzene rings is 2. The van der Waals surface area contributed by atoms with Gasteiger partial charge in [-0.3, -0.25) is 0 Å². The van der Waals surface area contributed by atoms with Crippen molar-refractivity contribution in [2.45, 2.75) is 47.0 Å². The summed E-state index contributed by atoms with van der Waals surface area (Å²) in [6.07, 6.45) is 1.08. The number of ether oxygens (including phenoxy) is 5. The molecule has 2 rings (SSSR count). The minimum absolute atomic E-state index is 0.0458. The van der Waals surface area contributed by atoms with Gasteiger partial charge in [0.05, 0.1) is 26.4 Å². The Hall–Kier alpha value is -1.43. The minimum atomic E-state index is -0.908. The molecule has 7 nitrogen and oxygen atoms in total. The van der Waals surface area contributed by atoms with Gasteiger partial charge in [-0.2, -0.15) is 0 Å². The third-order valence-corrected chi connectivity index (χ3v) is 8.21. The molecule has 1 N–H and O–H groups in total. The molecule has 0 aromatic heterocycles. The van der Waals surface area contributed by atoms with Gasteiger partial charge in [0.2, 0.25) is 0 Å². The lowest BCUT2D eigenvalue weighted by molar-refractivity contribution is -0.129. The Morgan fingerprint density at radius 3 is 1.35 bits per heavy atom. The molecular weight excluding hydrogens is 744 g/mol. The van der Waals surface area contributed by atoms with Crippen LogP contribution in [-0.4, -0.2) is 37.5 Å². The van der Waals surface area contributed by atoms with E-state index in [9.17, 15) is 9.90 Å². The standard InChI is InChI=1S/C26H30Br4O7/c1-8-13(31)37-25-18(29)23(35-11-4)15(24(19(25)30)36-12-5)26(6,7)14-21(33-9-2)16(27)20(32)17(28)22(14)34-10-3/h8,32H,1,9-12H2,2-7H3. The lowest BCUT2D eigenvalue weighted by Gasteiger charge is -2.35. The van der Waals surface area contributed by atoms with Crippen molar-refractivity contribution in [1.29, 1.82) is 0 Å². The minimum Gasteiger partial charge on any atom is -0.505 e. The van der Waals surface area contributed by atoms with E-state index in [0.29, 0.717) is 78.4 Å². The van der Waals surface area contributed by atoms with Gasteiger partial charge in [0.15, 0.2) is 11.5 Å². The summed E-state index contributed by atoms with van der Waals surface area (Å²) in [4.78, 5) is 12.1. The fourth-order valence-electron chi connectivity index (χ4n) is 3.87. The quantitative estimate of drug-likeness (QED) is 0.132. The van der Waals surface area contributed by atoms with Crippen molar-refractivity contribution in [3.63, 3.8) is 0 Å². The van der Waals surface area contributed by atoms with E-state index in [0.717, 1.165) is 6.08 Å². The zero-order valence-corrected chi connectivity index (χ0v) is 27.9. The molecule has 0 aliphatic heterocycles. The highest BCUT2D eigenvalue weighted by Crippen LogP contribution is 2.60. The predicted octanol–water partition coefficient (Wildman–Crippen LogP) is 8.45. The molecule has 0 unspecified atom stereocenters. The Labute approximate surface area is 251 Å². The molecule has 0 saturated carbocycles. The number of phenolic OH excluding ortho intramolecular Hbond substituents is 1. The molecular formula is C26H30Br4O7. The Morgan fingerprint density at radius 1 is 0.730 bits per heavy atom. The second kappa shape index (κ2) is 13.6. The summed E-state index contributed by atoms with van der Waals surface area (Å²) < 4.78 is 31.5. The number of carbonyl (C=O) groups excluding carboxylic acids is 1. The third kappa shape index (κ3) is 6.25. The first kappa shape index (κ1) is 31.8. The molecule has 11 heteroatoms. The summed E-state index contributed by atoms with van der Waals surface area (Å²) in [7, 11) is 0. The van der Waals surface area contributed by atoms with E-state index < -0.39 is 11.4 Å². The fraction of sp³-hybridized carbons (Fsp3) is 0.423. The molecule has 0 fully saturated rings. The molecule has 204 valence electrons. The lowest BCUT2D eigenvalue weighted by Crippen LogP contribution is -2.25. The summed E-state index contributed by atoms with van der Waals surface area (Å²) >= 11 is 14.2. The van der Waals surface area contributed by atoms with Crippen LogP contribution in [0, 0.1) is 0 Å². The molecule has 0 saturated heterocycles. The Bertz CT molecular complexity index is 1110. The van der Waals surface area contributed by atoms with Crippen LogP contribution in [0.5, 0.6) is 34.5 Å². The van der Waals surface area contributed by atoms with Gasteiger partial charge in [-0.1, -0.05) is 20.4 Å². The Kier molecular flexibility index (Phi) is 11.7. The smallest absolute Gasteiger partial charge is 0.335 e. The van der Waals surface area contributed by atoms with E-state index in [1.165, 1.54) is 0 Å². The normalized spacial score (nSPS) is 11.2. The second-order valence-corrected chi connectivity index (χ2v) is 11.2. The van der Waals surface area contributed by atoms with E-state index in [2.05, 4.69) is 70.3 Å². The number of halogens is 4. The summed E-state index contributed by atoms with van der Waals surface area (Å²) in [5, 5.41) is 10.8. The van der Waals surface area contributed by atoms with Crippen LogP contribution in [0.3, 0.4) is 0 Å². The Morgan fingerprint density at radius 2 is 1.05 bits per heavy atom. The molecule has 0 radical (unpaired) electrons. The van der Waals surface area contributed by atoms with Crippen molar-refractivity contribution < 1.29 is 33.6 Å². The van der Waals surface area contributed by atoms with Crippen molar-refractivity contribution >= 4 is 69.7 Å². The van der Waals surface area contributed by atoms with Crippen LogP contribution in [0.15, 0.2) is 30.5 Å². The molecule has 0 aliphatic carbocycles. The molecule has 37 heavy (non-hydrogen) atoms. The maximum atomic E-state index is 12.1. The van der Waals surface area contributed by atoms with Gasteiger partial charge < -0.3 is 28.8 Å². The van der Waals surface area contributed by atoms with E-state index in [1.807, 2.05) is 41.5 Å². The average molecular weight is 774 g/mol. The van der Waals surface area contributed by atoms with Crippen LogP contribution in [0.25, 0.3) is 0 Å². The van der Waals surface area contributed by atoms with E-state index >= 15 is 0 Å². The summed E-state index contributed by atoms with van der Waals surface area (Å²) in [5.74, 6) is 1.16. The molecule has 0 spiro atoms. The molecule has 0 heterocycles. The van der Waals surface area contributed by atoms with Crippen LogP contribution in [0.1, 0.15) is 52.7 Å². The van der Waals surface area contributed by atoms with Crippen LogP contribution in [0.4, 0.5) is 0 Å². The number of hydrogen-bond donors (Lipinski definition) is 1. The van der Waals surface area contributed by atoms with Crippen LogP contribution >= 0.6 is 63.7 Å². The summed E-state index contributed by atoms with van der Waals surface area (Å²) in [6, 6.07) is 0. The van der Waals surface area contributed by atoms with Gasteiger partial charge in [0.1, 0.15) is 40.9 Å². The average Bonchev–Trinajstić information content (AvgIpc) is 2.86. The number of phenols is 1. The summed E-state index contributed by atoms with van der Waals surface area (Å²) in [5.41, 5.74) is 0.374. The highest BCUT2D eigenvalue weighted by Gasteiger charge is 2.42. The van der Waals surface area contributed by atoms with E-state index in [-0.39, 0.29) is 11.5 Å². The molecule has 0 aliphatic rings. The van der Waals surface area contributed by atoms with Gasteiger partial charge in [0, 0.05) is 22.6 Å². The predicted molar refractivity (Wildman–Crippen MR) is 158 cm³/mol. The van der Waals surface area contributed by atoms with Crippen molar-refractivity contribution in [2.24, 2.45) is 0 Å². The zero-order valence-electron chi connectivity index (χ0n) is 21.5. The maximum absolute atomic E-state index is 12.1. The van der Waals surface area contributed by atoms with Gasteiger partial charge in [-0.25, -0.2) is 4.79 Å². The first-order valence-electron chi connectivity index (χ1n) is 11.6. The van der Waals surface area contributed by atoms with Crippen molar-refractivity contribution in [3.8, 4) is 34.5 Å². The van der Waals surface area contributed by atoms with Crippen LogP contribution in [-0.2, 0) is 10.2 Å². The summed E-state index contributed by atoms with van der Waals surface area (Å²) in [6.45, 7) is 16.2. The van der Waals surface area contributed by atoms with E-state index in [1.54, 1.807) is 0 Å². The van der Waals surface area contributed by atoms with Gasteiger partial charge in [-0.05, 0) is 91.4 Å². The molecule has 0 atom stereocenters. The van der Waals surface area contributed by atoms with Gasteiger partial charge in [-0.15, -0.1) is 0 Å². The first-order valence-corrected chi connectivity index (χ1v) is 14.8. The zero-order chi connectivity index (χ0) is 28.1. The largest absolute Gasteiger partial charge is 0.505 e. The SMILES string of the molecule is C=CC(=O)Oc1c(Br)c(OCC)c(C(C)(C)c2c(OCC)c(Br)c(O)c(Br)c2OCC)c(OCC)c1Br. The molecule has 2 aromatic rings. The number of carbonyl (C=O) groups is 1. The number of rotatable bonds is 12. The van der Waals surface area contributed by atoms with Crippen LogP contribution in [0.2, 0.25) is 0 Å². The van der Waals surface area contributed by atoms with E-state index in [4.69, 9.17) is 23.7 Å². The highest BCUT2D eigenvalue weighted by atomic mass is 79.9. The van der Waals surface area contributed by atoms with Gasteiger partial charge in [0.25, 0.3) is 0 Å². The topological polar surface area (TPSA) is 83.5 Å². The molecule has 2 aromatic carbocycles. The highest BCUT2D eigenvalue weighted by molar-refractivity contribution is 9.11. The van der Waals surface area contributed by atoms with Crippen molar-refractivity contribution in [1.82, 2.24) is 0 Å². The maximum Gasteiger partial charge on any atom is 0.335 e. The molecule has 0 bridgehead atoms. The number of aromatic hydroxyl groups is 1. The lowest BCUT2D eigenvalue weighted by atomic mass is 9.75. The first-order chi connectivity index (χ1) is 17.4. The number of esters is 1. The van der Waals surface area contributed by atoms with Crippen molar-refractivity contribution in [3.05, 3.63) is 41.7 Å². The Balaban J connectivity index is 3.14. The second-order valence-electron chi connectivity index (χ2n) is 7.98. The monoisotopic (exact) mass is 770 g/mol. The fourth-order valence-corrected chi connectivity index (χ4v) is 6.61. The van der Waals surface area contributed by atoms with Gasteiger partial charge >= 0.3 is 5.97 Å². The number of hydrogen-bond acceptors (Lipinski definition) is 7. The third-order valence-electron chi connectivity index (χ3n) is 5.29.